The molecule has 0 spiro atoms. The second kappa shape index (κ2) is 12.8. The third-order valence-corrected chi connectivity index (χ3v) is 7.76. The second-order valence-corrected chi connectivity index (χ2v) is 10.4. The van der Waals surface area contributed by atoms with Gasteiger partial charge in [0.1, 0.15) is 0 Å². The van der Waals surface area contributed by atoms with E-state index in [-0.39, 0.29) is 20.1 Å². The Labute approximate surface area is 272 Å². The molecule has 0 bridgehead atoms. The number of pyridine rings is 2. The standard InChI is InChI=1S/C29H18N2.C10H10N2.Ir/c1-2-11-21(12-3-1)26-17-10-19-28(31-26)29(27-18-8-9-20-30-27)24-15-6-4-13-22(24)23-14-5-7-16-25(23)29;1-11-7-8-12(9-11)10-5-3-2-4-6-10;/h1-11,13-15,17-20H;2-5,7-9H,1H3;/q2*-2;/t29-;;/m0../s1. The van der Waals surface area contributed by atoms with Crippen molar-refractivity contribution in [3.8, 4) is 22.4 Å². The monoisotopic (exact) mass is 745 g/mol. The van der Waals surface area contributed by atoms with Crippen LogP contribution in [0.15, 0.2) is 146 Å². The van der Waals surface area contributed by atoms with E-state index < -0.39 is 5.41 Å². The maximum absolute atomic E-state index is 5.18. The zero-order valence-corrected chi connectivity index (χ0v) is 26.5. The van der Waals surface area contributed by atoms with Crippen molar-refractivity contribution in [3.63, 3.8) is 0 Å². The molecule has 4 nitrogen and oxygen atoms in total. The van der Waals surface area contributed by atoms with Crippen LogP contribution in [0.5, 0.6) is 0 Å². The maximum Gasteiger partial charge on any atom is 0.0814 e. The van der Waals surface area contributed by atoms with Crippen LogP contribution >= 0.6 is 0 Å². The van der Waals surface area contributed by atoms with Crippen molar-refractivity contribution in [2.45, 2.75) is 5.41 Å². The smallest absolute Gasteiger partial charge is 0.0814 e. The van der Waals surface area contributed by atoms with Gasteiger partial charge in [0.05, 0.1) is 11.1 Å². The fourth-order valence-electron chi connectivity index (χ4n) is 5.88. The predicted octanol–water partition coefficient (Wildman–Crippen LogP) is 7.93. The molecule has 2 aromatic heterocycles. The minimum atomic E-state index is -0.626. The summed E-state index contributed by atoms with van der Waals surface area (Å²) in [5, 5.41) is 0. The van der Waals surface area contributed by atoms with Crippen molar-refractivity contribution >= 4 is 5.69 Å². The van der Waals surface area contributed by atoms with E-state index in [4.69, 9.17) is 9.97 Å². The van der Waals surface area contributed by atoms with Crippen molar-refractivity contribution in [3.05, 3.63) is 193 Å². The van der Waals surface area contributed by atoms with E-state index in [1.54, 1.807) is 0 Å². The van der Waals surface area contributed by atoms with E-state index in [9.17, 15) is 0 Å². The first-order valence-corrected chi connectivity index (χ1v) is 14.2. The van der Waals surface area contributed by atoms with Gasteiger partial charge in [-0.3, -0.25) is 9.97 Å². The Kier molecular flexibility index (Phi) is 8.51. The Morgan fingerprint density at radius 2 is 1.41 bits per heavy atom. The number of rotatable bonds is 4. The molecule has 4 aromatic carbocycles. The van der Waals surface area contributed by atoms with Gasteiger partial charge in [-0.05, 0) is 48.9 Å². The van der Waals surface area contributed by atoms with Crippen molar-refractivity contribution in [1.82, 2.24) is 14.9 Å². The zero-order valence-electron chi connectivity index (χ0n) is 24.1. The molecule has 1 aliphatic heterocycles. The largest absolute Gasteiger partial charge is 0.510 e. The van der Waals surface area contributed by atoms with Gasteiger partial charge in [-0.15, -0.1) is 52.7 Å². The summed E-state index contributed by atoms with van der Waals surface area (Å²) < 4.78 is 0. The van der Waals surface area contributed by atoms with Gasteiger partial charge in [-0.2, -0.15) is 61.3 Å². The predicted molar refractivity (Wildman–Crippen MR) is 171 cm³/mol. The molecular formula is C39H28IrN4-4. The number of hydrogen-bond acceptors (Lipinski definition) is 4. The molecule has 2 aliphatic rings. The Bertz CT molecular complexity index is 1830. The molecule has 5 heteroatoms. The first-order valence-electron chi connectivity index (χ1n) is 14.2. The summed E-state index contributed by atoms with van der Waals surface area (Å²) in [4.78, 5) is 14.1. The van der Waals surface area contributed by atoms with Gasteiger partial charge in [0, 0.05) is 32.0 Å². The first kappa shape index (κ1) is 29.3. The summed E-state index contributed by atoms with van der Waals surface area (Å²) in [6, 6.07) is 53.0. The number of aromatic nitrogens is 2. The molecule has 0 unspecified atom stereocenters. The fourth-order valence-corrected chi connectivity index (χ4v) is 5.88. The Morgan fingerprint density at radius 1 is 0.659 bits per heavy atom. The van der Waals surface area contributed by atoms with Crippen LogP contribution in [0, 0.1) is 24.9 Å². The second-order valence-electron chi connectivity index (χ2n) is 10.4. The van der Waals surface area contributed by atoms with Crippen LogP contribution in [0.25, 0.3) is 22.4 Å². The topological polar surface area (TPSA) is 32.3 Å². The molecular weight excluding hydrogens is 717 g/mol. The van der Waals surface area contributed by atoms with Crippen LogP contribution in [-0.2, 0) is 25.5 Å². The Morgan fingerprint density at radius 3 is 2.16 bits per heavy atom. The van der Waals surface area contributed by atoms with E-state index in [0.29, 0.717) is 0 Å². The molecule has 0 saturated heterocycles. The van der Waals surface area contributed by atoms with Crippen LogP contribution < -0.4 is 4.90 Å². The summed E-state index contributed by atoms with van der Waals surface area (Å²) in [5.74, 6) is 0. The number of para-hydroxylation sites is 1. The van der Waals surface area contributed by atoms with Gasteiger partial charge in [0.15, 0.2) is 0 Å². The number of nitrogens with zero attached hydrogens (tertiary/aromatic N) is 4. The van der Waals surface area contributed by atoms with E-state index in [1.165, 1.54) is 16.7 Å². The third kappa shape index (κ3) is 5.26. The third-order valence-electron chi connectivity index (χ3n) is 7.76. The van der Waals surface area contributed by atoms with Crippen LogP contribution in [-0.4, -0.2) is 21.9 Å². The van der Waals surface area contributed by atoms with Crippen molar-refractivity contribution in [1.29, 1.82) is 0 Å². The number of hydrogen-bond donors (Lipinski definition) is 0. The SMILES string of the molecule is CN1C=CN(c2[c-]cccc2)[CH-]1.[Ir].[c-]1ccccc1-c1cccc([C@]2(c3ccccn3)c3[c-]cccc3-c3ccccc32)n1. The summed E-state index contributed by atoms with van der Waals surface area (Å²) >= 11 is 0. The maximum atomic E-state index is 5.18. The number of anilines is 1. The van der Waals surface area contributed by atoms with Crippen LogP contribution in [0.3, 0.4) is 0 Å². The van der Waals surface area contributed by atoms with Crippen LogP contribution in [0.1, 0.15) is 22.5 Å². The summed E-state index contributed by atoms with van der Waals surface area (Å²) in [5.41, 5.74) is 8.88. The molecule has 1 aliphatic carbocycles. The van der Waals surface area contributed by atoms with E-state index in [1.807, 2.05) is 121 Å². The van der Waals surface area contributed by atoms with Crippen molar-refractivity contribution in [2.24, 2.45) is 0 Å². The van der Waals surface area contributed by atoms with Gasteiger partial charge in [0.2, 0.25) is 0 Å². The molecule has 0 amide bonds. The minimum Gasteiger partial charge on any atom is -0.510 e. The molecule has 6 aromatic rings. The molecule has 44 heavy (non-hydrogen) atoms. The summed E-state index contributed by atoms with van der Waals surface area (Å²) in [6.45, 7) is 2.01. The molecule has 0 fully saturated rings. The van der Waals surface area contributed by atoms with E-state index >= 15 is 0 Å². The summed E-state index contributed by atoms with van der Waals surface area (Å²) in [7, 11) is 2.00. The number of fused-ring (bicyclic) bond motifs is 3. The Hall–Kier alpha value is -4.83. The molecule has 3 heterocycles. The van der Waals surface area contributed by atoms with Crippen LogP contribution in [0.4, 0.5) is 5.69 Å². The molecule has 8 rings (SSSR count). The molecule has 217 valence electrons. The Balaban J connectivity index is 0.000000222. The van der Waals surface area contributed by atoms with Crippen LogP contribution in [0.2, 0.25) is 0 Å². The van der Waals surface area contributed by atoms with Crippen molar-refractivity contribution in [2.75, 3.05) is 11.9 Å². The summed E-state index contributed by atoms with van der Waals surface area (Å²) in [6.07, 6.45) is 5.86. The van der Waals surface area contributed by atoms with Gasteiger partial charge in [0.25, 0.3) is 0 Å². The van der Waals surface area contributed by atoms with Gasteiger partial charge >= 0.3 is 0 Å². The zero-order chi connectivity index (χ0) is 29.1. The quantitative estimate of drug-likeness (QED) is 0.172. The molecule has 1 atom stereocenters. The molecule has 0 N–H and O–H groups in total. The number of benzene rings is 4. The van der Waals surface area contributed by atoms with Gasteiger partial charge in [-0.25, -0.2) is 0 Å². The average molecular weight is 745 g/mol. The van der Waals surface area contributed by atoms with E-state index in [0.717, 1.165) is 33.9 Å². The van der Waals surface area contributed by atoms with Gasteiger partial charge < -0.3 is 9.80 Å². The van der Waals surface area contributed by atoms with E-state index in [2.05, 4.69) is 66.7 Å². The minimum absolute atomic E-state index is 0. The normalized spacial score (nSPS) is 15.9. The van der Waals surface area contributed by atoms with Crippen molar-refractivity contribution < 1.29 is 20.1 Å². The average Bonchev–Trinajstić information content (AvgIpc) is 3.66. The fraction of sp³-hybridized carbons (Fsp3) is 0.0513. The van der Waals surface area contributed by atoms with Gasteiger partial charge in [-0.1, -0.05) is 48.0 Å². The molecule has 0 saturated carbocycles. The molecule has 1 radical (unpaired) electrons. The first-order chi connectivity index (χ1) is 21.2.